The Labute approximate surface area is 155 Å². The van der Waals surface area contributed by atoms with E-state index in [0.717, 1.165) is 24.4 Å². The number of guanidine groups is 1. The molecule has 27 heavy (non-hydrogen) atoms. The van der Waals surface area contributed by atoms with Crippen LogP contribution in [0.1, 0.15) is 23.9 Å². The third-order valence-electron chi connectivity index (χ3n) is 3.65. The van der Waals surface area contributed by atoms with Gasteiger partial charge in [-0.15, -0.1) is 10.2 Å². The molecular weight excluding hydrogens is 357 g/mol. The molecule has 9 heteroatoms. The largest absolute Gasteiger partial charge is 0.416 e. The van der Waals surface area contributed by atoms with E-state index in [2.05, 4.69) is 37.7 Å². The first-order valence-electron chi connectivity index (χ1n) is 8.41. The van der Waals surface area contributed by atoms with Gasteiger partial charge >= 0.3 is 6.18 Å². The predicted octanol–water partition coefficient (Wildman–Crippen LogP) is 2.08. The van der Waals surface area contributed by atoms with Crippen molar-refractivity contribution < 1.29 is 13.2 Å². The first-order valence-corrected chi connectivity index (χ1v) is 8.41. The first kappa shape index (κ1) is 20.3. The molecule has 0 fully saturated rings. The van der Waals surface area contributed by atoms with E-state index in [1.54, 1.807) is 19.4 Å². The lowest BCUT2D eigenvalue weighted by Gasteiger charge is -2.10. The van der Waals surface area contributed by atoms with E-state index in [9.17, 15) is 13.2 Å². The van der Waals surface area contributed by atoms with Crippen LogP contribution in [0.5, 0.6) is 0 Å². The van der Waals surface area contributed by atoms with Gasteiger partial charge in [-0.2, -0.15) is 13.2 Å². The van der Waals surface area contributed by atoms with Crippen LogP contribution in [0.4, 0.5) is 13.2 Å². The lowest BCUT2D eigenvalue weighted by atomic mass is 10.1. The Morgan fingerprint density at radius 3 is 2.81 bits per heavy atom. The maximum Gasteiger partial charge on any atom is 0.416 e. The van der Waals surface area contributed by atoms with Gasteiger partial charge in [0.2, 0.25) is 0 Å². The Hall–Kier alpha value is -3.02. The molecule has 0 unspecified atom stereocenters. The summed E-state index contributed by atoms with van der Waals surface area (Å²) in [5.74, 6) is 6.97. The van der Waals surface area contributed by atoms with Crippen LogP contribution in [0.25, 0.3) is 0 Å². The molecule has 0 atom stereocenters. The van der Waals surface area contributed by atoms with Crippen molar-refractivity contribution in [2.24, 2.45) is 4.99 Å². The summed E-state index contributed by atoms with van der Waals surface area (Å²) in [5, 5.41) is 14.0. The fraction of sp³-hybridized carbons (Fsp3) is 0.389. The van der Waals surface area contributed by atoms with Crippen LogP contribution in [0.2, 0.25) is 0 Å². The minimum absolute atomic E-state index is 0.253. The number of nitrogens with one attached hydrogen (secondary N) is 2. The molecule has 6 nitrogen and oxygen atoms in total. The van der Waals surface area contributed by atoms with E-state index in [-0.39, 0.29) is 6.54 Å². The van der Waals surface area contributed by atoms with E-state index >= 15 is 0 Å². The van der Waals surface area contributed by atoms with E-state index in [1.165, 1.54) is 6.07 Å². The number of alkyl halides is 3. The number of aryl methyl sites for hydroxylation is 1. The molecule has 2 N–H and O–H groups in total. The Morgan fingerprint density at radius 1 is 1.30 bits per heavy atom. The van der Waals surface area contributed by atoms with Gasteiger partial charge in [-0.3, -0.25) is 4.99 Å². The highest BCUT2D eigenvalue weighted by Crippen LogP contribution is 2.29. The summed E-state index contributed by atoms with van der Waals surface area (Å²) >= 11 is 0. The van der Waals surface area contributed by atoms with Crippen molar-refractivity contribution >= 4 is 5.96 Å². The normalized spacial score (nSPS) is 11.7. The summed E-state index contributed by atoms with van der Waals surface area (Å²) in [5.41, 5.74) is -0.394. The van der Waals surface area contributed by atoms with Crippen LogP contribution in [-0.4, -0.2) is 40.9 Å². The standard InChI is InChI=1S/C18H21F3N6/c1-3-16-26-25-13-27(16)11-10-24-17(22-2)23-9-5-7-14-6-4-8-15(12-14)18(19,20)21/h4,6,8,12-13H,3,9-11H2,1-2H3,(H2,22,23,24). The smallest absolute Gasteiger partial charge is 0.355 e. The molecule has 2 aromatic rings. The number of hydrogen-bond donors (Lipinski definition) is 2. The molecule has 1 heterocycles. The summed E-state index contributed by atoms with van der Waals surface area (Å²) in [6.45, 7) is 3.57. The van der Waals surface area contributed by atoms with Crippen molar-refractivity contribution in [2.45, 2.75) is 26.1 Å². The predicted molar refractivity (Wildman–Crippen MR) is 97.1 cm³/mol. The zero-order chi connectivity index (χ0) is 19.7. The van der Waals surface area contributed by atoms with Crippen LogP contribution in [0.3, 0.4) is 0 Å². The number of aromatic nitrogens is 3. The van der Waals surface area contributed by atoms with Gasteiger partial charge in [-0.25, -0.2) is 0 Å². The fourth-order valence-corrected chi connectivity index (χ4v) is 2.30. The van der Waals surface area contributed by atoms with E-state index in [1.807, 2.05) is 11.5 Å². The van der Waals surface area contributed by atoms with E-state index < -0.39 is 11.7 Å². The van der Waals surface area contributed by atoms with Crippen LogP contribution in [-0.2, 0) is 19.1 Å². The summed E-state index contributed by atoms with van der Waals surface area (Å²) < 4.78 is 40.0. The van der Waals surface area contributed by atoms with Gasteiger partial charge in [0.25, 0.3) is 0 Å². The average Bonchev–Trinajstić information content (AvgIpc) is 3.10. The Kier molecular flexibility index (Phi) is 7.23. The maximum atomic E-state index is 12.7. The molecule has 1 aromatic heterocycles. The van der Waals surface area contributed by atoms with Gasteiger partial charge in [0.1, 0.15) is 12.2 Å². The van der Waals surface area contributed by atoms with Crippen molar-refractivity contribution in [3.8, 4) is 11.8 Å². The van der Waals surface area contributed by atoms with Crippen LogP contribution in [0, 0.1) is 11.8 Å². The second kappa shape index (κ2) is 9.62. The minimum Gasteiger partial charge on any atom is -0.355 e. The van der Waals surface area contributed by atoms with Crippen molar-refractivity contribution in [3.05, 3.63) is 47.5 Å². The molecule has 0 saturated carbocycles. The van der Waals surface area contributed by atoms with Gasteiger partial charge in [-0.05, 0) is 18.2 Å². The summed E-state index contributed by atoms with van der Waals surface area (Å²) in [4.78, 5) is 4.08. The first-order chi connectivity index (χ1) is 12.9. The lowest BCUT2D eigenvalue weighted by molar-refractivity contribution is -0.137. The molecule has 0 spiro atoms. The second-order valence-electron chi connectivity index (χ2n) is 5.53. The summed E-state index contributed by atoms with van der Waals surface area (Å²) in [6.07, 6.45) is -1.89. The fourth-order valence-electron chi connectivity index (χ4n) is 2.30. The number of nitrogens with zero attached hydrogens (tertiary/aromatic N) is 4. The number of rotatable bonds is 5. The number of aliphatic imine (C=N–C) groups is 1. The van der Waals surface area contributed by atoms with Crippen molar-refractivity contribution in [1.82, 2.24) is 25.4 Å². The highest BCUT2D eigenvalue weighted by atomic mass is 19.4. The third kappa shape index (κ3) is 6.33. The highest BCUT2D eigenvalue weighted by Gasteiger charge is 2.30. The Bertz CT molecular complexity index is 829. The van der Waals surface area contributed by atoms with Gasteiger partial charge in [0.15, 0.2) is 5.96 Å². The van der Waals surface area contributed by atoms with Crippen LogP contribution >= 0.6 is 0 Å². The molecule has 0 aliphatic rings. The van der Waals surface area contributed by atoms with Crippen LogP contribution < -0.4 is 10.6 Å². The van der Waals surface area contributed by atoms with Gasteiger partial charge in [0.05, 0.1) is 12.1 Å². The molecule has 0 aliphatic heterocycles. The summed E-state index contributed by atoms with van der Waals surface area (Å²) in [7, 11) is 1.63. The quantitative estimate of drug-likeness (QED) is 0.475. The maximum absolute atomic E-state index is 12.7. The Morgan fingerprint density at radius 2 is 2.11 bits per heavy atom. The second-order valence-corrected chi connectivity index (χ2v) is 5.53. The monoisotopic (exact) mass is 378 g/mol. The third-order valence-corrected chi connectivity index (χ3v) is 3.65. The number of hydrogen-bond acceptors (Lipinski definition) is 3. The molecule has 0 aliphatic carbocycles. The number of benzene rings is 1. The van der Waals surface area contributed by atoms with Crippen LogP contribution in [0.15, 0.2) is 35.6 Å². The lowest BCUT2D eigenvalue weighted by Crippen LogP contribution is -2.39. The zero-order valence-corrected chi connectivity index (χ0v) is 15.1. The molecule has 0 bridgehead atoms. The average molecular weight is 378 g/mol. The van der Waals surface area contributed by atoms with E-state index in [0.29, 0.717) is 24.6 Å². The molecule has 0 saturated heterocycles. The SMILES string of the molecule is CCc1nncn1CCNC(=NC)NCC#Cc1cccc(C(F)(F)F)c1. The topological polar surface area (TPSA) is 67.1 Å². The minimum atomic E-state index is -4.37. The van der Waals surface area contributed by atoms with E-state index in [4.69, 9.17) is 0 Å². The molecule has 144 valence electrons. The molecule has 1 aromatic carbocycles. The highest BCUT2D eigenvalue weighted by molar-refractivity contribution is 5.79. The van der Waals surface area contributed by atoms with Gasteiger partial charge < -0.3 is 15.2 Å². The van der Waals surface area contributed by atoms with Gasteiger partial charge in [0, 0.05) is 32.1 Å². The Balaban J connectivity index is 1.81. The number of halogens is 3. The zero-order valence-electron chi connectivity index (χ0n) is 15.1. The molecule has 0 amide bonds. The van der Waals surface area contributed by atoms with Crippen molar-refractivity contribution in [3.63, 3.8) is 0 Å². The molecule has 0 radical (unpaired) electrons. The van der Waals surface area contributed by atoms with Crippen molar-refractivity contribution in [1.29, 1.82) is 0 Å². The summed E-state index contributed by atoms with van der Waals surface area (Å²) in [6, 6.07) is 4.94. The van der Waals surface area contributed by atoms with Gasteiger partial charge in [-0.1, -0.05) is 24.8 Å². The van der Waals surface area contributed by atoms with Crippen molar-refractivity contribution in [2.75, 3.05) is 20.1 Å². The molecular formula is C18H21F3N6. The molecule has 2 rings (SSSR count).